The van der Waals surface area contributed by atoms with Crippen molar-refractivity contribution >= 4 is 94.9 Å². The van der Waals surface area contributed by atoms with Gasteiger partial charge >= 0.3 is 23.1 Å². The summed E-state index contributed by atoms with van der Waals surface area (Å²) in [5, 5.41) is 51.4. The van der Waals surface area contributed by atoms with Crippen LogP contribution in [0.15, 0.2) is 183 Å². The average Bonchev–Trinajstić information content (AvgIpc) is 3.23. The van der Waals surface area contributed by atoms with Crippen molar-refractivity contribution < 1.29 is 28.4 Å². The number of para-hydroxylation sites is 5. The summed E-state index contributed by atoms with van der Waals surface area (Å²) >= 11 is 0. The van der Waals surface area contributed by atoms with E-state index in [9.17, 15) is 25.5 Å². The Bertz CT molecular complexity index is 2370. The van der Waals surface area contributed by atoms with Crippen molar-refractivity contribution in [3.8, 4) is 28.7 Å². The van der Waals surface area contributed by atoms with E-state index in [1.54, 1.807) is 91.6 Å². The van der Waals surface area contributed by atoms with Crippen LogP contribution in [0.3, 0.4) is 0 Å². The zero-order chi connectivity index (χ0) is 38.4. The van der Waals surface area contributed by atoms with Gasteiger partial charge in [-0.25, -0.2) is 0 Å². The molecule has 5 heterocycles. The van der Waals surface area contributed by atoms with Crippen molar-refractivity contribution in [3.63, 3.8) is 0 Å². The molecule has 0 fully saturated rings. The van der Waals surface area contributed by atoms with Crippen molar-refractivity contribution in [1.82, 2.24) is 24.9 Å². The third-order valence-electron chi connectivity index (χ3n) is 8.06. The fourth-order valence-corrected chi connectivity index (χ4v) is 5.44. The molecule has 0 bridgehead atoms. The molecule has 5 aromatic heterocycles. The molecule has 0 spiro atoms. The Morgan fingerprint density at radius 1 is 0.263 bits per heavy atom. The van der Waals surface area contributed by atoms with Crippen LogP contribution in [0, 0.1) is 0 Å². The number of aromatic hydroxyl groups is 5. The van der Waals surface area contributed by atoms with Crippen LogP contribution >= 0.6 is 0 Å². The van der Waals surface area contributed by atoms with E-state index in [0.717, 1.165) is 26.9 Å². The molecule has 12 heteroatoms. The fourth-order valence-electron chi connectivity index (χ4n) is 5.44. The van der Waals surface area contributed by atoms with Gasteiger partial charge in [0.05, 0.1) is 0 Å². The molecule has 10 rings (SSSR count). The molecular formula is C45H37AlMgN5O5. The molecule has 5 N–H and O–H groups in total. The molecule has 0 amide bonds. The number of pyridine rings is 5. The number of fused-ring (bicyclic) bond motifs is 5. The number of nitrogens with zero attached hydrogens (tertiary/aromatic N) is 5. The van der Waals surface area contributed by atoms with Crippen LogP contribution in [-0.2, 0) is 0 Å². The van der Waals surface area contributed by atoms with E-state index in [1.165, 1.54) is 0 Å². The molecule has 0 saturated carbocycles. The van der Waals surface area contributed by atoms with Crippen molar-refractivity contribution in [2.75, 3.05) is 0 Å². The zero-order valence-electron chi connectivity index (χ0n) is 32.6. The number of phenols is 5. The predicted octanol–water partition coefficient (Wildman–Crippen LogP) is 9.17. The van der Waals surface area contributed by atoms with Crippen molar-refractivity contribution in [2.45, 2.75) is 0 Å². The van der Waals surface area contributed by atoms with Gasteiger partial charge in [-0.2, -0.15) is 0 Å². The van der Waals surface area contributed by atoms with Gasteiger partial charge in [0.15, 0.2) is 0 Å². The van der Waals surface area contributed by atoms with Gasteiger partial charge in [-0.1, -0.05) is 91.0 Å². The molecule has 5 aromatic carbocycles. The van der Waals surface area contributed by atoms with Crippen LogP contribution in [-0.4, -0.2) is 90.9 Å². The summed E-state index contributed by atoms with van der Waals surface area (Å²) in [6.45, 7) is 0. The number of hydrogen-bond acceptors (Lipinski definition) is 10. The van der Waals surface area contributed by atoms with Crippen LogP contribution in [0.5, 0.6) is 28.7 Å². The minimum absolute atomic E-state index is 0. The maximum absolute atomic E-state index is 9.31. The Kier molecular flexibility index (Phi) is 16.3. The summed E-state index contributed by atoms with van der Waals surface area (Å²) in [4.78, 5) is 20.2. The summed E-state index contributed by atoms with van der Waals surface area (Å²) in [6.07, 6.45) is 8.34. The first-order valence-electron chi connectivity index (χ1n) is 17.0. The van der Waals surface area contributed by atoms with E-state index in [1.807, 2.05) is 91.0 Å². The Hall–Kier alpha value is -6.55. The quantitative estimate of drug-likeness (QED) is 0.0938. The first-order valence-corrected chi connectivity index (χ1v) is 17.0. The van der Waals surface area contributed by atoms with Crippen LogP contribution in [0.4, 0.5) is 0 Å². The van der Waals surface area contributed by atoms with Gasteiger partial charge in [-0.3, -0.25) is 24.9 Å². The second-order valence-corrected chi connectivity index (χ2v) is 11.8. The van der Waals surface area contributed by atoms with Gasteiger partial charge in [-0.05, 0) is 60.7 Å². The average molecular weight is 779 g/mol. The first kappa shape index (κ1) is 43.2. The summed E-state index contributed by atoms with van der Waals surface area (Å²) in [7, 11) is 0. The van der Waals surface area contributed by atoms with Gasteiger partial charge in [0.2, 0.25) is 0 Å². The third-order valence-corrected chi connectivity index (χ3v) is 8.06. The largest absolute Gasteiger partial charge is 2.00 e. The van der Waals surface area contributed by atoms with Crippen LogP contribution in [0.25, 0.3) is 54.5 Å². The van der Waals surface area contributed by atoms with Crippen LogP contribution < -0.4 is 0 Å². The van der Waals surface area contributed by atoms with Gasteiger partial charge < -0.3 is 28.4 Å². The summed E-state index contributed by atoms with van der Waals surface area (Å²) < 4.78 is 0. The number of hydrogen-bond donors (Lipinski definition) is 5. The standard InChI is InChI=1S/5C9H7NO.Al.Mg.2H/c5*11-8-5-1-3-7-4-2-6-10-9(7)8;;;;/h5*1-6,11H;;;;/q;;;;;;+2;2*-1. The smallest absolute Gasteiger partial charge is 1.00 e. The van der Waals surface area contributed by atoms with E-state index in [4.69, 9.17) is 0 Å². The molecule has 57 heavy (non-hydrogen) atoms. The minimum atomic E-state index is 0. The fraction of sp³-hybridized carbons (Fsp3) is 0. The Labute approximate surface area is 357 Å². The summed E-state index contributed by atoms with van der Waals surface area (Å²) in [5.74, 6) is 1.19. The summed E-state index contributed by atoms with van der Waals surface area (Å²) in [5.41, 5.74) is 3.31. The first-order chi connectivity index (χ1) is 26.9. The van der Waals surface area contributed by atoms with Crippen molar-refractivity contribution in [1.29, 1.82) is 0 Å². The molecule has 10 nitrogen and oxygen atoms in total. The van der Waals surface area contributed by atoms with E-state index < -0.39 is 0 Å². The van der Waals surface area contributed by atoms with Crippen molar-refractivity contribution in [3.05, 3.63) is 183 Å². The zero-order valence-corrected chi connectivity index (χ0v) is 33.1. The van der Waals surface area contributed by atoms with Gasteiger partial charge in [0, 0.05) is 75.3 Å². The third kappa shape index (κ3) is 11.5. The molecule has 0 atom stereocenters. The van der Waals surface area contributed by atoms with Crippen LogP contribution in [0.2, 0.25) is 0 Å². The van der Waals surface area contributed by atoms with E-state index >= 15 is 0 Å². The Balaban J connectivity index is 0.000000250. The van der Waals surface area contributed by atoms with Gasteiger partial charge in [0.25, 0.3) is 0 Å². The SMILES string of the molecule is Oc1cccc2cccnc12.Oc1cccc2cccnc12.Oc1cccc2cccnc12.Oc1cccc2cccnc12.Oc1cccc2cccnc12.[Al].[H-].[H-].[Mg+2]. The molecule has 277 valence electrons. The molecule has 0 unspecified atom stereocenters. The number of benzene rings is 5. The summed E-state index contributed by atoms with van der Waals surface area (Å²) in [6, 6.07) is 45.6. The predicted molar refractivity (Wildman–Crippen MR) is 231 cm³/mol. The number of rotatable bonds is 0. The number of aromatic nitrogens is 5. The molecule has 0 saturated heterocycles. The van der Waals surface area contributed by atoms with Gasteiger partial charge in [0.1, 0.15) is 56.3 Å². The number of phenolic OH excluding ortho intramolecular Hbond substituents is 5. The van der Waals surface area contributed by atoms with Crippen LogP contribution in [0.1, 0.15) is 2.85 Å². The van der Waals surface area contributed by atoms with Gasteiger partial charge in [-0.15, -0.1) is 0 Å². The van der Waals surface area contributed by atoms with E-state index in [-0.39, 0.29) is 72.0 Å². The Morgan fingerprint density at radius 2 is 0.421 bits per heavy atom. The van der Waals surface area contributed by atoms with E-state index in [0.29, 0.717) is 27.6 Å². The molecule has 0 aliphatic rings. The maximum atomic E-state index is 9.31. The maximum Gasteiger partial charge on any atom is 2.00 e. The normalized spacial score (nSPS) is 9.82. The molecule has 0 aliphatic heterocycles. The molecule has 0 aliphatic carbocycles. The Morgan fingerprint density at radius 3 is 0.579 bits per heavy atom. The molecule has 3 radical (unpaired) electrons. The minimum Gasteiger partial charge on any atom is -1.00 e. The topological polar surface area (TPSA) is 166 Å². The second kappa shape index (κ2) is 21.5. The van der Waals surface area contributed by atoms with E-state index in [2.05, 4.69) is 24.9 Å². The molecule has 10 aromatic rings. The second-order valence-electron chi connectivity index (χ2n) is 11.8. The molecular weight excluding hydrogens is 742 g/mol. The monoisotopic (exact) mass is 778 g/mol. The van der Waals surface area contributed by atoms with Crippen molar-refractivity contribution in [2.24, 2.45) is 0 Å².